The average molecular weight is 360 g/mol. The molecule has 0 amide bonds. The van der Waals surface area contributed by atoms with E-state index in [1.165, 1.54) is 6.07 Å². The van der Waals surface area contributed by atoms with Gasteiger partial charge in [-0.05, 0) is 48.3 Å². The van der Waals surface area contributed by atoms with Crippen LogP contribution in [-0.4, -0.2) is 25.9 Å². The SMILES string of the molecule is Cc1ccc(C(=O)c2cc(=O)c3ccccc3n2Cc2nnon2)cc1C. The van der Waals surface area contributed by atoms with Gasteiger partial charge in [-0.3, -0.25) is 9.59 Å². The number of hydrogen-bond donors (Lipinski definition) is 0. The molecule has 2 aromatic carbocycles. The van der Waals surface area contributed by atoms with Crippen molar-refractivity contribution in [2.45, 2.75) is 20.4 Å². The quantitative estimate of drug-likeness (QED) is 0.520. The number of pyridine rings is 1. The second kappa shape index (κ2) is 6.60. The predicted molar refractivity (Wildman–Crippen MR) is 98.8 cm³/mol. The van der Waals surface area contributed by atoms with E-state index >= 15 is 0 Å². The summed E-state index contributed by atoms with van der Waals surface area (Å²) in [6.07, 6.45) is 0. The number of aromatic nitrogens is 4. The summed E-state index contributed by atoms with van der Waals surface area (Å²) < 4.78 is 6.29. The van der Waals surface area contributed by atoms with Crippen molar-refractivity contribution in [2.75, 3.05) is 0 Å². The number of rotatable bonds is 4. The Kier molecular flexibility index (Phi) is 4.12. The van der Waals surface area contributed by atoms with Crippen molar-refractivity contribution in [3.8, 4) is 0 Å². The molecular weight excluding hydrogens is 344 g/mol. The van der Waals surface area contributed by atoms with Crippen LogP contribution in [0.5, 0.6) is 0 Å². The Morgan fingerprint density at radius 3 is 2.63 bits per heavy atom. The highest BCUT2D eigenvalue weighted by atomic mass is 16.6. The molecule has 0 saturated carbocycles. The van der Waals surface area contributed by atoms with Crippen molar-refractivity contribution in [1.82, 2.24) is 20.1 Å². The molecule has 0 atom stereocenters. The zero-order chi connectivity index (χ0) is 19.0. The Morgan fingerprint density at radius 1 is 1.07 bits per heavy atom. The van der Waals surface area contributed by atoms with Crippen molar-refractivity contribution >= 4 is 16.7 Å². The van der Waals surface area contributed by atoms with Crippen LogP contribution in [0.25, 0.3) is 10.9 Å². The topological polar surface area (TPSA) is 90.9 Å². The van der Waals surface area contributed by atoms with Gasteiger partial charge >= 0.3 is 0 Å². The highest BCUT2D eigenvalue weighted by molar-refractivity contribution is 6.09. The van der Waals surface area contributed by atoms with Gasteiger partial charge in [0.05, 0.1) is 23.0 Å². The van der Waals surface area contributed by atoms with Gasteiger partial charge in [0.25, 0.3) is 0 Å². The Balaban J connectivity index is 1.94. The summed E-state index contributed by atoms with van der Waals surface area (Å²) >= 11 is 0. The third-order valence-electron chi connectivity index (χ3n) is 4.66. The van der Waals surface area contributed by atoms with Gasteiger partial charge < -0.3 is 4.57 Å². The minimum Gasteiger partial charge on any atom is -0.330 e. The lowest BCUT2D eigenvalue weighted by atomic mass is 10.0. The molecule has 4 rings (SSSR count). The van der Waals surface area contributed by atoms with Crippen LogP contribution in [0, 0.1) is 13.8 Å². The fourth-order valence-corrected chi connectivity index (χ4v) is 3.07. The van der Waals surface area contributed by atoms with Gasteiger partial charge in [0, 0.05) is 17.0 Å². The zero-order valence-corrected chi connectivity index (χ0v) is 14.8. The van der Waals surface area contributed by atoms with E-state index in [1.54, 1.807) is 28.8 Å². The Bertz CT molecular complexity index is 1210. The lowest BCUT2D eigenvalue weighted by Gasteiger charge is -2.15. The van der Waals surface area contributed by atoms with Crippen LogP contribution in [0.4, 0.5) is 0 Å². The van der Waals surface area contributed by atoms with E-state index in [0.717, 1.165) is 11.1 Å². The van der Waals surface area contributed by atoms with E-state index in [2.05, 4.69) is 20.2 Å². The van der Waals surface area contributed by atoms with E-state index in [1.807, 2.05) is 32.0 Å². The first-order valence-corrected chi connectivity index (χ1v) is 8.43. The molecule has 134 valence electrons. The summed E-state index contributed by atoms with van der Waals surface area (Å²) in [6, 6.07) is 14.0. The van der Waals surface area contributed by atoms with Crippen LogP contribution in [-0.2, 0) is 6.54 Å². The maximum atomic E-state index is 13.2. The number of fused-ring (bicyclic) bond motifs is 1. The molecule has 7 heteroatoms. The number of carbonyl (C=O) groups excluding carboxylic acids is 1. The molecule has 4 aromatic rings. The van der Waals surface area contributed by atoms with Gasteiger partial charge in [0.15, 0.2) is 5.43 Å². The fourth-order valence-electron chi connectivity index (χ4n) is 3.07. The van der Waals surface area contributed by atoms with Crippen molar-refractivity contribution in [3.05, 3.63) is 87.0 Å². The number of hydrogen-bond acceptors (Lipinski definition) is 6. The molecular formula is C20H16N4O3. The van der Waals surface area contributed by atoms with Gasteiger partial charge in [-0.2, -0.15) is 0 Å². The third kappa shape index (κ3) is 3.03. The monoisotopic (exact) mass is 360 g/mol. The maximum absolute atomic E-state index is 13.2. The van der Waals surface area contributed by atoms with E-state index < -0.39 is 0 Å². The van der Waals surface area contributed by atoms with Crippen molar-refractivity contribution in [3.63, 3.8) is 0 Å². The Morgan fingerprint density at radius 2 is 1.89 bits per heavy atom. The summed E-state index contributed by atoms with van der Waals surface area (Å²) in [6.45, 7) is 4.10. The molecule has 7 nitrogen and oxygen atoms in total. The zero-order valence-electron chi connectivity index (χ0n) is 14.8. The Labute approximate surface area is 154 Å². The van der Waals surface area contributed by atoms with E-state index in [9.17, 15) is 9.59 Å². The van der Waals surface area contributed by atoms with Crippen LogP contribution in [0.2, 0.25) is 0 Å². The molecule has 0 aliphatic carbocycles. The summed E-state index contributed by atoms with van der Waals surface area (Å²) in [7, 11) is 0. The lowest BCUT2D eigenvalue weighted by Crippen LogP contribution is -2.20. The fraction of sp³-hybridized carbons (Fsp3) is 0.150. The largest absolute Gasteiger partial charge is 0.330 e. The maximum Gasteiger partial charge on any atom is 0.216 e. The van der Waals surface area contributed by atoms with Crippen LogP contribution >= 0.6 is 0 Å². The normalized spacial score (nSPS) is 11.0. The predicted octanol–water partition coefficient (Wildman–Crippen LogP) is 2.68. The lowest BCUT2D eigenvalue weighted by molar-refractivity contribution is 0.103. The second-order valence-corrected chi connectivity index (χ2v) is 6.40. The number of para-hydroxylation sites is 1. The molecule has 0 aliphatic heterocycles. The minimum absolute atomic E-state index is 0.163. The van der Waals surface area contributed by atoms with E-state index in [-0.39, 0.29) is 23.5 Å². The van der Waals surface area contributed by atoms with Gasteiger partial charge in [-0.25, -0.2) is 4.63 Å². The van der Waals surface area contributed by atoms with Gasteiger partial charge in [-0.1, -0.05) is 29.4 Å². The van der Waals surface area contributed by atoms with Gasteiger partial charge in [0.1, 0.15) is 0 Å². The summed E-state index contributed by atoms with van der Waals surface area (Å²) in [4.78, 5) is 25.8. The minimum atomic E-state index is -0.239. The summed E-state index contributed by atoms with van der Waals surface area (Å²) in [5.74, 6) is 0.0790. The summed E-state index contributed by atoms with van der Waals surface area (Å²) in [5.41, 5.74) is 3.32. The number of carbonyl (C=O) groups is 1. The first-order valence-electron chi connectivity index (χ1n) is 8.43. The van der Waals surface area contributed by atoms with Crippen LogP contribution < -0.4 is 5.43 Å². The molecule has 0 radical (unpaired) electrons. The molecule has 0 unspecified atom stereocenters. The smallest absolute Gasteiger partial charge is 0.216 e. The van der Waals surface area contributed by atoms with Crippen LogP contribution in [0.3, 0.4) is 0 Å². The average Bonchev–Trinajstić information content (AvgIpc) is 3.19. The molecule has 2 aromatic heterocycles. The molecule has 0 aliphatic rings. The van der Waals surface area contributed by atoms with Crippen LogP contribution in [0.1, 0.15) is 33.0 Å². The van der Waals surface area contributed by atoms with E-state index in [4.69, 9.17) is 0 Å². The molecule has 0 spiro atoms. The number of benzene rings is 2. The second-order valence-electron chi connectivity index (χ2n) is 6.40. The number of nitrogens with zero attached hydrogens (tertiary/aromatic N) is 4. The molecule has 0 bridgehead atoms. The highest BCUT2D eigenvalue weighted by Gasteiger charge is 2.19. The summed E-state index contributed by atoms with van der Waals surface area (Å²) in [5, 5.41) is 11.4. The first kappa shape index (κ1) is 16.8. The van der Waals surface area contributed by atoms with E-state index in [0.29, 0.717) is 22.3 Å². The molecule has 0 N–H and O–H groups in total. The third-order valence-corrected chi connectivity index (χ3v) is 4.66. The van der Waals surface area contributed by atoms with Crippen molar-refractivity contribution in [1.29, 1.82) is 0 Å². The number of ketones is 1. The van der Waals surface area contributed by atoms with Crippen molar-refractivity contribution in [2.24, 2.45) is 0 Å². The van der Waals surface area contributed by atoms with Gasteiger partial charge in [0.2, 0.25) is 11.6 Å². The van der Waals surface area contributed by atoms with Crippen LogP contribution in [0.15, 0.2) is 58.0 Å². The molecule has 0 fully saturated rings. The molecule has 27 heavy (non-hydrogen) atoms. The standard InChI is InChI=1S/C20H16N4O3/c1-12-7-8-14(9-13(12)2)20(26)17-10-18(25)15-5-3-4-6-16(15)24(17)11-19-21-23-27-22-19/h3-10H,11H2,1-2H3. The first-order chi connectivity index (χ1) is 13.0. The molecule has 0 saturated heterocycles. The highest BCUT2D eigenvalue weighted by Crippen LogP contribution is 2.19. The Hall–Kier alpha value is -3.61. The molecule has 2 heterocycles. The van der Waals surface area contributed by atoms with Gasteiger partial charge in [-0.15, -0.1) is 0 Å². The number of aryl methyl sites for hydroxylation is 2. The van der Waals surface area contributed by atoms with Crippen molar-refractivity contribution < 1.29 is 9.42 Å².